The molecule has 9 aromatic rings. The van der Waals surface area contributed by atoms with Crippen LogP contribution in [0, 0.1) is 0 Å². The Bertz CT molecular complexity index is 3490. The van der Waals surface area contributed by atoms with Gasteiger partial charge in [0.1, 0.15) is 11.2 Å². The van der Waals surface area contributed by atoms with E-state index in [-0.39, 0.29) is 6.04 Å². The highest BCUT2D eigenvalue weighted by atomic mass is 16.3. The number of hydrogen-bond acceptors (Lipinski definition) is 2. The van der Waals surface area contributed by atoms with E-state index in [2.05, 4.69) is 195 Å². The van der Waals surface area contributed by atoms with Gasteiger partial charge in [0.25, 0.3) is 0 Å². The molecule has 4 aliphatic rings. The van der Waals surface area contributed by atoms with Crippen LogP contribution < -0.4 is 5.32 Å². The second-order valence-electron chi connectivity index (χ2n) is 16.7. The van der Waals surface area contributed by atoms with Crippen molar-refractivity contribution in [3.63, 3.8) is 0 Å². The van der Waals surface area contributed by atoms with Crippen LogP contribution in [0.15, 0.2) is 198 Å². The van der Waals surface area contributed by atoms with Crippen LogP contribution in [-0.2, 0) is 5.41 Å². The molecule has 0 aliphatic heterocycles. The van der Waals surface area contributed by atoms with Gasteiger partial charge >= 0.3 is 0 Å². The molecule has 0 radical (unpaired) electrons. The van der Waals surface area contributed by atoms with E-state index in [4.69, 9.17) is 4.42 Å². The number of benzene rings is 8. The molecule has 2 nitrogen and oxygen atoms in total. The van der Waals surface area contributed by atoms with Crippen LogP contribution in [0.25, 0.3) is 88.5 Å². The number of rotatable bonds is 4. The van der Waals surface area contributed by atoms with Crippen molar-refractivity contribution in [1.29, 1.82) is 0 Å². The van der Waals surface area contributed by atoms with Gasteiger partial charge in [-0.3, -0.25) is 0 Å². The zero-order chi connectivity index (χ0) is 39.7. The molecule has 0 fully saturated rings. The first-order valence-electron chi connectivity index (χ1n) is 21.1. The normalized spacial score (nSPS) is 18.6. The predicted octanol–water partition coefficient (Wildman–Crippen LogP) is 14.6. The Kier molecular flexibility index (Phi) is 6.88. The minimum atomic E-state index is -0.476. The zero-order valence-electron chi connectivity index (χ0n) is 33.4. The summed E-state index contributed by atoms with van der Waals surface area (Å²) in [5.74, 6) is 0. The molecular formula is C58H39NO. The van der Waals surface area contributed by atoms with E-state index in [9.17, 15) is 0 Å². The molecule has 60 heavy (non-hydrogen) atoms. The summed E-state index contributed by atoms with van der Waals surface area (Å²) in [6.07, 6.45) is 11.1. The molecule has 1 aromatic heterocycles. The van der Waals surface area contributed by atoms with E-state index in [1.807, 2.05) is 12.1 Å². The molecule has 0 saturated heterocycles. The monoisotopic (exact) mass is 765 g/mol. The Balaban J connectivity index is 0.973. The lowest BCUT2D eigenvalue weighted by atomic mass is 9.69. The Morgan fingerprint density at radius 1 is 0.533 bits per heavy atom. The summed E-state index contributed by atoms with van der Waals surface area (Å²) < 4.78 is 6.18. The molecule has 0 bridgehead atoms. The quantitative estimate of drug-likeness (QED) is 0.193. The zero-order valence-corrected chi connectivity index (χ0v) is 33.4. The van der Waals surface area contributed by atoms with Gasteiger partial charge in [-0.15, -0.1) is 0 Å². The molecule has 4 aliphatic carbocycles. The second-order valence-corrected chi connectivity index (χ2v) is 16.7. The number of furan rings is 1. The average molecular weight is 766 g/mol. The van der Waals surface area contributed by atoms with Crippen LogP contribution in [0.4, 0.5) is 0 Å². The highest BCUT2D eigenvalue weighted by Crippen LogP contribution is 2.65. The third-order valence-electron chi connectivity index (χ3n) is 13.9. The number of para-hydroxylation sites is 1. The summed E-state index contributed by atoms with van der Waals surface area (Å²) in [4.78, 5) is 0. The Morgan fingerprint density at radius 2 is 1.20 bits per heavy atom. The molecule has 0 amide bonds. The van der Waals surface area contributed by atoms with E-state index in [1.165, 1.54) is 99.8 Å². The Morgan fingerprint density at radius 3 is 2.05 bits per heavy atom. The van der Waals surface area contributed by atoms with E-state index in [0.717, 1.165) is 27.6 Å². The summed E-state index contributed by atoms with van der Waals surface area (Å²) >= 11 is 0. The van der Waals surface area contributed by atoms with Crippen molar-refractivity contribution < 1.29 is 4.42 Å². The maximum atomic E-state index is 6.18. The molecule has 1 heterocycles. The highest BCUT2D eigenvalue weighted by Gasteiger charge is 2.52. The van der Waals surface area contributed by atoms with Crippen molar-refractivity contribution in [2.45, 2.75) is 25.3 Å². The molecule has 0 saturated carbocycles. The van der Waals surface area contributed by atoms with Crippen molar-refractivity contribution in [1.82, 2.24) is 5.32 Å². The van der Waals surface area contributed by atoms with Gasteiger partial charge in [-0.2, -0.15) is 0 Å². The minimum Gasteiger partial charge on any atom is -0.456 e. The molecule has 282 valence electrons. The molecular weight excluding hydrogens is 727 g/mol. The molecule has 2 heteroatoms. The van der Waals surface area contributed by atoms with Crippen molar-refractivity contribution >= 4 is 44.0 Å². The molecule has 1 N–H and O–H groups in total. The summed E-state index contributed by atoms with van der Waals surface area (Å²) in [6, 6.07) is 58.8. The number of nitrogens with one attached hydrogen (secondary N) is 1. The van der Waals surface area contributed by atoms with E-state index in [1.54, 1.807) is 0 Å². The fourth-order valence-electron chi connectivity index (χ4n) is 11.3. The number of hydrogen-bond donors (Lipinski definition) is 1. The molecule has 2 atom stereocenters. The third-order valence-corrected chi connectivity index (χ3v) is 13.9. The lowest BCUT2D eigenvalue weighted by molar-refractivity contribution is 0.669. The van der Waals surface area contributed by atoms with Crippen LogP contribution >= 0.6 is 0 Å². The van der Waals surface area contributed by atoms with Gasteiger partial charge in [-0.05, 0) is 144 Å². The van der Waals surface area contributed by atoms with Crippen LogP contribution in [0.3, 0.4) is 0 Å². The Hall–Kier alpha value is -7.42. The largest absolute Gasteiger partial charge is 0.456 e. The summed E-state index contributed by atoms with van der Waals surface area (Å²) in [6.45, 7) is 4.40. The lowest BCUT2D eigenvalue weighted by Crippen LogP contribution is -2.29. The fourth-order valence-corrected chi connectivity index (χ4v) is 11.3. The van der Waals surface area contributed by atoms with Gasteiger partial charge in [0, 0.05) is 16.5 Å². The Labute approximate surface area is 349 Å². The molecule has 13 rings (SSSR count). The topological polar surface area (TPSA) is 25.2 Å². The maximum Gasteiger partial charge on any atom is 0.135 e. The van der Waals surface area contributed by atoms with Crippen LogP contribution in [-0.4, -0.2) is 6.04 Å². The van der Waals surface area contributed by atoms with Gasteiger partial charge in [0.2, 0.25) is 0 Å². The first kappa shape index (κ1) is 33.5. The standard InChI is InChI=1S/C58H39NO/c1-3-52(59-53-25-12-8-15-37(53)34(2)35-28-30-55-46(31-35)42-19-9-13-26-54(42)60-55)36-27-29-41-40-18-6-10-23-48(40)58(50(41)32-36)49-24-11-7-20-44(49)57-45-22-14-21-43-38-16-4-5-17-39(38)47(56(43)45)33-51(57)58/h3-33,53,59H,1-2H3/b37-34+,52-3-. The van der Waals surface area contributed by atoms with Crippen LogP contribution in [0.1, 0.15) is 47.2 Å². The van der Waals surface area contributed by atoms with Crippen LogP contribution in [0.5, 0.6) is 0 Å². The third kappa shape index (κ3) is 4.32. The van der Waals surface area contributed by atoms with Crippen LogP contribution in [0.2, 0.25) is 0 Å². The lowest BCUT2D eigenvalue weighted by Gasteiger charge is -2.31. The highest BCUT2D eigenvalue weighted by molar-refractivity contribution is 6.21. The fraction of sp³-hybridized carbons (Fsp3) is 0.0690. The number of fused-ring (bicyclic) bond motifs is 17. The molecule has 8 aromatic carbocycles. The number of allylic oxidation sites excluding steroid dienone is 4. The predicted molar refractivity (Wildman–Crippen MR) is 250 cm³/mol. The van der Waals surface area contributed by atoms with Crippen molar-refractivity contribution in [2.75, 3.05) is 0 Å². The maximum absolute atomic E-state index is 6.18. The smallest absolute Gasteiger partial charge is 0.135 e. The summed E-state index contributed by atoms with van der Waals surface area (Å²) in [5, 5.41) is 9.02. The second kappa shape index (κ2) is 12.3. The first-order chi connectivity index (χ1) is 29.6. The van der Waals surface area contributed by atoms with Crippen molar-refractivity contribution in [3.05, 3.63) is 227 Å². The van der Waals surface area contributed by atoms with E-state index >= 15 is 0 Å². The van der Waals surface area contributed by atoms with Gasteiger partial charge in [-0.1, -0.05) is 158 Å². The summed E-state index contributed by atoms with van der Waals surface area (Å²) in [7, 11) is 0. The SMILES string of the molecule is C/C=C(\NC1C=CC=C/C1=C(/C)c1ccc2oc3ccccc3c2c1)c1ccc2c(c1)C1(c3ccccc3-2)c2ccccc2-c2c1cc1c3c(cccc23)-c2ccccc2-1. The van der Waals surface area contributed by atoms with E-state index in [0.29, 0.717) is 0 Å². The van der Waals surface area contributed by atoms with Crippen molar-refractivity contribution in [2.24, 2.45) is 0 Å². The van der Waals surface area contributed by atoms with Gasteiger partial charge in [0.15, 0.2) is 0 Å². The van der Waals surface area contributed by atoms with Gasteiger partial charge in [-0.25, -0.2) is 0 Å². The van der Waals surface area contributed by atoms with Gasteiger partial charge in [0.05, 0.1) is 11.5 Å². The van der Waals surface area contributed by atoms with Crippen molar-refractivity contribution in [3.8, 4) is 44.5 Å². The minimum absolute atomic E-state index is 0.0184. The van der Waals surface area contributed by atoms with E-state index < -0.39 is 5.41 Å². The first-order valence-corrected chi connectivity index (χ1v) is 21.1. The van der Waals surface area contributed by atoms with Gasteiger partial charge < -0.3 is 9.73 Å². The molecule has 1 spiro atoms. The summed E-state index contributed by atoms with van der Waals surface area (Å²) in [5.41, 5.74) is 23.4. The average Bonchev–Trinajstić information content (AvgIpc) is 4.02. The molecule has 2 unspecified atom stereocenters.